The highest BCUT2D eigenvalue weighted by atomic mass is 35.5. The number of anilines is 1. The third-order valence-corrected chi connectivity index (χ3v) is 9.04. The number of nitrogens with one attached hydrogen (secondary N) is 1. The van der Waals surface area contributed by atoms with Crippen LogP contribution in [0.2, 0.25) is 10.0 Å². The maximum atomic E-state index is 14.0. The largest absolute Gasteiger partial charge is 0.495 e. The summed E-state index contributed by atoms with van der Waals surface area (Å²) < 4.78 is 34.1. The Kier molecular flexibility index (Phi) is 11.1. The summed E-state index contributed by atoms with van der Waals surface area (Å²) in [4.78, 5) is 28.5. The van der Waals surface area contributed by atoms with E-state index in [4.69, 9.17) is 27.9 Å². The van der Waals surface area contributed by atoms with Gasteiger partial charge in [-0.1, -0.05) is 60.0 Å². The second-order valence-electron chi connectivity index (χ2n) is 9.79. The van der Waals surface area contributed by atoms with Crippen molar-refractivity contribution in [2.45, 2.75) is 57.6 Å². The highest BCUT2D eigenvalue weighted by Gasteiger charge is 2.33. The summed E-state index contributed by atoms with van der Waals surface area (Å²) in [6.07, 6.45) is 0.710. The molecule has 3 aromatic carbocycles. The molecule has 0 heterocycles. The minimum Gasteiger partial charge on any atom is -0.495 e. The van der Waals surface area contributed by atoms with Gasteiger partial charge in [-0.2, -0.15) is 0 Å². The molecule has 3 rings (SSSR count). The first-order chi connectivity index (χ1) is 19.4. The Labute approximate surface area is 252 Å². The summed E-state index contributed by atoms with van der Waals surface area (Å²) in [5.41, 5.74) is 1.74. The van der Waals surface area contributed by atoms with Gasteiger partial charge in [0, 0.05) is 17.6 Å². The summed E-state index contributed by atoms with van der Waals surface area (Å²) in [7, 11) is -2.77. The fourth-order valence-corrected chi connectivity index (χ4v) is 5.93. The van der Waals surface area contributed by atoms with Crippen molar-refractivity contribution in [2.75, 3.05) is 18.0 Å². The van der Waals surface area contributed by atoms with E-state index >= 15 is 0 Å². The van der Waals surface area contributed by atoms with Crippen molar-refractivity contribution in [3.63, 3.8) is 0 Å². The second kappa shape index (κ2) is 14.1. The van der Waals surface area contributed by atoms with Crippen molar-refractivity contribution in [1.82, 2.24) is 10.2 Å². The van der Waals surface area contributed by atoms with Crippen molar-refractivity contribution < 1.29 is 22.7 Å². The molecule has 8 nitrogen and oxygen atoms in total. The van der Waals surface area contributed by atoms with Crippen molar-refractivity contribution in [3.8, 4) is 5.75 Å². The van der Waals surface area contributed by atoms with Crippen LogP contribution >= 0.6 is 23.2 Å². The molecule has 2 amide bonds. The molecule has 1 N–H and O–H groups in total. The number of benzene rings is 3. The molecular formula is C30H35Cl2N3O5S. The molecule has 0 aromatic heterocycles. The lowest BCUT2D eigenvalue weighted by Crippen LogP contribution is -2.52. The van der Waals surface area contributed by atoms with Crippen molar-refractivity contribution in [2.24, 2.45) is 0 Å². The summed E-state index contributed by atoms with van der Waals surface area (Å²) >= 11 is 12.5. The number of halogens is 2. The van der Waals surface area contributed by atoms with E-state index in [9.17, 15) is 18.0 Å². The van der Waals surface area contributed by atoms with E-state index in [0.29, 0.717) is 22.8 Å². The normalized spacial score (nSPS) is 12.8. The van der Waals surface area contributed by atoms with E-state index in [0.717, 1.165) is 9.87 Å². The minimum absolute atomic E-state index is 0.00629. The molecule has 2 atom stereocenters. The summed E-state index contributed by atoms with van der Waals surface area (Å²) in [6, 6.07) is 16.7. The molecule has 220 valence electrons. The van der Waals surface area contributed by atoms with Crippen LogP contribution in [-0.2, 0) is 26.2 Å². The molecule has 0 saturated carbocycles. The molecule has 3 aromatic rings. The van der Waals surface area contributed by atoms with Crippen LogP contribution in [0.25, 0.3) is 0 Å². The number of hydrogen-bond donors (Lipinski definition) is 1. The number of carbonyl (C=O) groups is 2. The smallest absolute Gasteiger partial charge is 0.264 e. The summed E-state index contributed by atoms with van der Waals surface area (Å²) in [5.74, 6) is -0.582. The zero-order valence-corrected chi connectivity index (χ0v) is 26.1. The maximum absolute atomic E-state index is 14.0. The van der Waals surface area contributed by atoms with E-state index in [1.54, 1.807) is 43.3 Å². The molecule has 0 spiro atoms. The van der Waals surface area contributed by atoms with E-state index in [1.165, 1.54) is 42.3 Å². The van der Waals surface area contributed by atoms with Gasteiger partial charge in [0.25, 0.3) is 10.0 Å². The lowest BCUT2D eigenvalue weighted by Gasteiger charge is -2.32. The number of carbonyl (C=O) groups excluding carboxylic acids is 2. The molecule has 11 heteroatoms. The first-order valence-electron chi connectivity index (χ1n) is 13.1. The van der Waals surface area contributed by atoms with Gasteiger partial charge < -0.3 is 15.0 Å². The van der Waals surface area contributed by atoms with Gasteiger partial charge in [0.15, 0.2) is 0 Å². The molecule has 0 aliphatic heterocycles. The second-order valence-corrected chi connectivity index (χ2v) is 12.5. The number of aryl methyl sites for hydroxylation is 1. The van der Waals surface area contributed by atoms with Crippen LogP contribution in [0.4, 0.5) is 5.69 Å². The van der Waals surface area contributed by atoms with Gasteiger partial charge in [0.1, 0.15) is 18.3 Å². The highest BCUT2D eigenvalue weighted by Crippen LogP contribution is 2.32. The van der Waals surface area contributed by atoms with Crippen LogP contribution in [0.5, 0.6) is 5.75 Å². The highest BCUT2D eigenvalue weighted by molar-refractivity contribution is 7.92. The minimum atomic E-state index is -4.22. The SMILES string of the molecule is CC[C@@H](C)NC(=O)[C@H](C)N(Cc1cccc(Cl)c1)C(=O)CN(c1ccc(OC)c(Cl)c1)S(=O)(=O)c1ccc(C)cc1. The monoisotopic (exact) mass is 619 g/mol. The predicted octanol–water partition coefficient (Wildman–Crippen LogP) is 5.84. The maximum Gasteiger partial charge on any atom is 0.264 e. The number of hydrogen-bond acceptors (Lipinski definition) is 5. The average molecular weight is 621 g/mol. The lowest BCUT2D eigenvalue weighted by atomic mass is 10.1. The Bertz CT molecular complexity index is 1480. The van der Waals surface area contributed by atoms with Crippen LogP contribution in [0, 0.1) is 6.92 Å². The lowest BCUT2D eigenvalue weighted by molar-refractivity contribution is -0.139. The zero-order valence-electron chi connectivity index (χ0n) is 23.7. The van der Waals surface area contributed by atoms with Crippen LogP contribution in [0.3, 0.4) is 0 Å². The molecule has 0 bridgehead atoms. The zero-order chi connectivity index (χ0) is 30.3. The van der Waals surface area contributed by atoms with E-state index in [-0.39, 0.29) is 34.1 Å². The van der Waals surface area contributed by atoms with Crippen molar-refractivity contribution in [3.05, 3.63) is 87.9 Å². The first-order valence-corrected chi connectivity index (χ1v) is 15.3. The van der Waals surface area contributed by atoms with Gasteiger partial charge in [0.2, 0.25) is 11.8 Å². The van der Waals surface area contributed by atoms with Crippen LogP contribution in [0.15, 0.2) is 71.6 Å². The quantitative estimate of drug-likeness (QED) is 0.275. The Morgan fingerprint density at radius 1 is 1.00 bits per heavy atom. The van der Waals surface area contributed by atoms with Crippen LogP contribution < -0.4 is 14.4 Å². The van der Waals surface area contributed by atoms with Crippen LogP contribution in [-0.4, -0.2) is 50.9 Å². The number of amides is 2. The third-order valence-electron chi connectivity index (χ3n) is 6.72. The van der Waals surface area contributed by atoms with Gasteiger partial charge >= 0.3 is 0 Å². The number of nitrogens with zero attached hydrogens (tertiary/aromatic N) is 2. The van der Waals surface area contributed by atoms with Gasteiger partial charge in [-0.3, -0.25) is 13.9 Å². The van der Waals surface area contributed by atoms with Gasteiger partial charge in [-0.15, -0.1) is 0 Å². The van der Waals surface area contributed by atoms with Gasteiger partial charge in [-0.05, 0) is 75.2 Å². The first kappa shape index (κ1) is 32.2. The standard InChI is InChI=1S/C30H35Cl2N3O5S/c1-6-21(3)33-30(37)22(4)34(18-23-8-7-9-24(31)16-23)29(36)19-35(25-12-15-28(40-5)27(32)17-25)41(38,39)26-13-10-20(2)11-14-26/h7-17,21-22H,6,18-19H2,1-5H3,(H,33,37)/t21-,22+/m1/s1. The molecule has 0 aliphatic rings. The molecule has 0 aliphatic carbocycles. The Hall–Kier alpha value is -3.27. The Balaban J connectivity index is 2.06. The number of sulfonamides is 1. The van der Waals surface area contributed by atoms with E-state index in [2.05, 4.69) is 5.32 Å². The third kappa shape index (κ3) is 8.15. The van der Waals surface area contributed by atoms with E-state index < -0.39 is 28.5 Å². The Morgan fingerprint density at radius 3 is 2.27 bits per heavy atom. The molecule has 0 fully saturated rings. The summed E-state index contributed by atoms with van der Waals surface area (Å²) in [5, 5.41) is 3.56. The molecule has 0 saturated heterocycles. The molecular weight excluding hydrogens is 585 g/mol. The number of rotatable bonds is 12. The average Bonchev–Trinajstić information content (AvgIpc) is 2.94. The topological polar surface area (TPSA) is 96.0 Å². The van der Waals surface area contributed by atoms with E-state index in [1.807, 2.05) is 20.8 Å². The number of ether oxygens (including phenoxy) is 1. The fourth-order valence-electron chi connectivity index (χ4n) is 4.06. The van der Waals surface area contributed by atoms with Crippen LogP contribution in [0.1, 0.15) is 38.3 Å². The molecule has 0 unspecified atom stereocenters. The fraction of sp³-hybridized carbons (Fsp3) is 0.333. The Morgan fingerprint density at radius 2 is 1.68 bits per heavy atom. The van der Waals surface area contributed by atoms with Crippen molar-refractivity contribution in [1.29, 1.82) is 0 Å². The number of methoxy groups -OCH3 is 1. The predicted molar refractivity (Wildman–Crippen MR) is 163 cm³/mol. The van der Waals surface area contributed by atoms with Gasteiger partial charge in [-0.25, -0.2) is 8.42 Å². The van der Waals surface area contributed by atoms with Crippen molar-refractivity contribution >= 4 is 50.7 Å². The molecule has 0 radical (unpaired) electrons. The molecule has 41 heavy (non-hydrogen) atoms. The van der Waals surface area contributed by atoms with Gasteiger partial charge in [0.05, 0.1) is 22.7 Å². The summed E-state index contributed by atoms with van der Waals surface area (Å²) in [6.45, 7) is 6.73.